The summed E-state index contributed by atoms with van der Waals surface area (Å²) in [4.78, 5) is 42.3. The molecule has 3 heterocycles. The van der Waals surface area contributed by atoms with Crippen LogP contribution in [0.15, 0.2) is 47.5 Å². The lowest BCUT2D eigenvalue weighted by Gasteiger charge is -2.32. The quantitative estimate of drug-likeness (QED) is 0.724. The summed E-state index contributed by atoms with van der Waals surface area (Å²) in [5, 5.41) is 2.86. The van der Waals surface area contributed by atoms with Crippen LogP contribution in [-0.4, -0.2) is 45.5 Å². The van der Waals surface area contributed by atoms with Crippen molar-refractivity contribution in [2.75, 3.05) is 24.5 Å². The zero-order valence-electron chi connectivity index (χ0n) is 14.8. The number of H-pyrrole nitrogens is 1. The molecule has 1 aliphatic heterocycles. The van der Waals surface area contributed by atoms with Crippen molar-refractivity contribution in [3.05, 3.63) is 58.8 Å². The summed E-state index contributed by atoms with van der Waals surface area (Å²) >= 11 is 0. The minimum absolute atomic E-state index is 0.104. The number of benzene rings is 1. The molecule has 2 aromatic heterocycles. The molecule has 1 amide bonds. The summed E-state index contributed by atoms with van der Waals surface area (Å²) in [6.45, 7) is 2.16. The maximum absolute atomic E-state index is 12.5. The minimum Gasteiger partial charge on any atom is -0.350 e. The van der Waals surface area contributed by atoms with E-state index in [0.29, 0.717) is 23.5 Å². The number of carbonyl (C=O) groups excluding carboxylic acids is 1. The molecule has 1 saturated heterocycles. The van der Waals surface area contributed by atoms with Crippen LogP contribution in [0.5, 0.6) is 0 Å². The summed E-state index contributed by atoms with van der Waals surface area (Å²) in [6.07, 6.45) is 5.47. The van der Waals surface area contributed by atoms with Gasteiger partial charge in [-0.05, 0) is 37.0 Å². The van der Waals surface area contributed by atoms with Gasteiger partial charge in [-0.2, -0.15) is 0 Å². The number of nitrogens with one attached hydrogen (secondary N) is 2. The SMILES string of the molecule is O=C(NCC1CCCN(c2ncccn2)C1)c1nc2ccccc2[nH]c1=O. The number of rotatable bonds is 4. The maximum Gasteiger partial charge on any atom is 0.280 e. The fraction of sp³-hybridized carbons (Fsp3) is 0.316. The topological polar surface area (TPSA) is 104 Å². The van der Waals surface area contributed by atoms with Crippen molar-refractivity contribution in [3.8, 4) is 0 Å². The first-order valence-electron chi connectivity index (χ1n) is 9.00. The van der Waals surface area contributed by atoms with Crippen LogP contribution in [0.25, 0.3) is 11.0 Å². The number of hydrogen-bond acceptors (Lipinski definition) is 6. The van der Waals surface area contributed by atoms with E-state index in [-0.39, 0.29) is 11.6 Å². The molecule has 0 spiro atoms. The molecule has 8 heteroatoms. The van der Waals surface area contributed by atoms with Gasteiger partial charge in [0.25, 0.3) is 11.5 Å². The number of aromatic nitrogens is 4. The van der Waals surface area contributed by atoms with E-state index in [1.54, 1.807) is 30.6 Å². The summed E-state index contributed by atoms with van der Waals surface area (Å²) in [5.41, 5.74) is 0.624. The molecule has 138 valence electrons. The van der Waals surface area contributed by atoms with Crippen LogP contribution in [0.3, 0.4) is 0 Å². The lowest BCUT2D eigenvalue weighted by molar-refractivity contribution is 0.0939. The Hall–Kier alpha value is -3.29. The van der Waals surface area contributed by atoms with Crippen molar-refractivity contribution < 1.29 is 4.79 Å². The van der Waals surface area contributed by atoms with Crippen molar-refractivity contribution in [2.24, 2.45) is 5.92 Å². The third-order valence-corrected chi connectivity index (χ3v) is 4.72. The van der Waals surface area contributed by atoms with Gasteiger partial charge in [0.05, 0.1) is 11.0 Å². The first-order chi connectivity index (χ1) is 13.2. The van der Waals surface area contributed by atoms with Gasteiger partial charge in [0.1, 0.15) is 0 Å². The van der Waals surface area contributed by atoms with Gasteiger partial charge in [0, 0.05) is 32.0 Å². The molecular formula is C19H20N6O2. The summed E-state index contributed by atoms with van der Waals surface area (Å²) < 4.78 is 0. The van der Waals surface area contributed by atoms with Gasteiger partial charge in [-0.3, -0.25) is 9.59 Å². The fourth-order valence-corrected chi connectivity index (χ4v) is 3.37. The van der Waals surface area contributed by atoms with Gasteiger partial charge in [-0.15, -0.1) is 0 Å². The Labute approximate surface area is 155 Å². The summed E-state index contributed by atoms with van der Waals surface area (Å²) in [6, 6.07) is 8.94. The molecule has 3 aromatic rings. The molecule has 0 saturated carbocycles. The normalized spacial score (nSPS) is 17.0. The average molecular weight is 364 g/mol. The highest BCUT2D eigenvalue weighted by atomic mass is 16.2. The standard InChI is InChI=1S/C19H20N6O2/c26-17(16-18(27)24-15-7-2-1-6-14(15)23-16)22-11-13-5-3-10-25(12-13)19-20-8-4-9-21-19/h1-2,4,6-9,13H,3,5,10-12H2,(H,22,26)(H,24,27). The third kappa shape index (κ3) is 3.79. The highest BCUT2D eigenvalue weighted by molar-refractivity contribution is 5.93. The molecule has 0 radical (unpaired) electrons. The Bertz CT molecular complexity index is 1000. The van der Waals surface area contributed by atoms with Gasteiger partial charge in [-0.1, -0.05) is 12.1 Å². The summed E-state index contributed by atoms with van der Waals surface area (Å²) in [5.74, 6) is 0.530. The van der Waals surface area contributed by atoms with E-state index in [2.05, 4.69) is 30.2 Å². The van der Waals surface area contributed by atoms with Crippen molar-refractivity contribution in [2.45, 2.75) is 12.8 Å². The number of hydrogen-bond donors (Lipinski definition) is 2. The second-order valence-corrected chi connectivity index (χ2v) is 6.64. The lowest BCUT2D eigenvalue weighted by atomic mass is 9.98. The number of fused-ring (bicyclic) bond motifs is 1. The van der Waals surface area contributed by atoms with E-state index in [1.807, 2.05) is 12.1 Å². The van der Waals surface area contributed by atoms with Crippen molar-refractivity contribution in [1.82, 2.24) is 25.3 Å². The second kappa shape index (κ2) is 7.53. The molecule has 1 unspecified atom stereocenters. The number of amides is 1. The Morgan fingerprint density at radius 3 is 2.89 bits per heavy atom. The predicted octanol–water partition coefficient (Wildman–Crippen LogP) is 1.36. The van der Waals surface area contributed by atoms with E-state index in [1.165, 1.54) is 0 Å². The molecule has 2 N–H and O–H groups in total. The number of nitrogens with zero attached hydrogens (tertiary/aromatic N) is 4. The minimum atomic E-state index is -0.478. The average Bonchev–Trinajstić information content (AvgIpc) is 2.72. The van der Waals surface area contributed by atoms with E-state index in [4.69, 9.17) is 0 Å². The number of aromatic amines is 1. The van der Waals surface area contributed by atoms with Gasteiger partial charge < -0.3 is 15.2 Å². The molecule has 1 fully saturated rings. The molecule has 27 heavy (non-hydrogen) atoms. The zero-order chi connectivity index (χ0) is 18.6. The molecular weight excluding hydrogens is 344 g/mol. The van der Waals surface area contributed by atoms with Crippen LogP contribution in [0.1, 0.15) is 23.3 Å². The first-order valence-corrected chi connectivity index (χ1v) is 9.00. The first kappa shape index (κ1) is 17.1. The van der Waals surface area contributed by atoms with E-state index < -0.39 is 11.5 Å². The van der Waals surface area contributed by atoms with Gasteiger partial charge in [0.2, 0.25) is 5.95 Å². The molecule has 4 rings (SSSR count). The Morgan fingerprint density at radius 1 is 1.22 bits per heavy atom. The van der Waals surface area contributed by atoms with Crippen molar-refractivity contribution in [3.63, 3.8) is 0 Å². The Balaban J connectivity index is 1.42. The van der Waals surface area contributed by atoms with Crippen LogP contribution in [0.2, 0.25) is 0 Å². The maximum atomic E-state index is 12.5. The van der Waals surface area contributed by atoms with Gasteiger partial charge >= 0.3 is 0 Å². The van der Waals surface area contributed by atoms with Crippen molar-refractivity contribution in [1.29, 1.82) is 0 Å². The van der Waals surface area contributed by atoms with Crippen LogP contribution in [-0.2, 0) is 0 Å². The second-order valence-electron chi connectivity index (χ2n) is 6.64. The Morgan fingerprint density at radius 2 is 2.04 bits per heavy atom. The highest BCUT2D eigenvalue weighted by Crippen LogP contribution is 2.19. The van der Waals surface area contributed by atoms with E-state index >= 15 is 0 Å². The smallest absolute Gasteiger partial charge is 0.280 e. The predicted molar refractivity (Wildman–Crippen MR) is 102 cm³/mol. The van der Waals surface area contributed by atoms with Crippen LogP contribution >= 0.6 is 0 Å². The molecule has 0 aliphatic carbocycles. The number of piperidine rings is 1. The van der Waals surface area contributed by atoms with Crippen LogP contribution in [0, 0.1) is 5.92 Å². The van der Waals surface area contributed by atoms with Gasteiger partial charge in [-0.25, -0.2) is 15.0 Å². The monoisotopic (exact) mass is 364 g/mol. The largest absolute Gasteiger partial charge is 0.350 e. The molecule has 1 aliphatic rings. The zero-order valence-corrected chi connectivity index (χ0v) is 14.8. The van der Waals surface area contributed by atoms with Crippen LogP contribution < -0.4 is 15.8 Å². The van der Waals surface area contributed by atoms with Crippen LogP contribution in [0.4, 0.5) is 5.95 Å². The number of anilines is 1. The fourth-order valence-electron chi connectivity index (χ4n) is 3.37. The van der Waals surface area contributed by atoms with Gasteiger partial charge in [0.15, 0.2) is 5.69 Å². The molecule has 0 bridgehead atoms. The van der Waals surface area contributed by atoms with E-state index in [0.717, 1.165) is 25.9 Å². The Kier molecular flexibility index (Phi) is 4.78. The molecule has 1 atom stereocenters. The number of para-hydroxylation sites is 2. The lowest BCUT2D eigenvalue weighted by Crippen LogP contribution is -2.42. The molecule has 8 nitrogen and oxygen atoms in total. The third-order valence-electron chi connectivity index (χ3n) is 4.72. The number of carbonyl (C=O) groups is 1. The molecule has 1 aromatic carbocycles. The van der Waals surface area contributed by atoms with E-state index in [9.17, 15) is 9.59 Å². The highest BCUT2D eigenvalue weighted by Gasteiger charge is 2.23. The summed E-state index contributed by atoms with van der Waals surface area (Å²) in [7, 11) is 0. The van der Waals surface area contributed by atoms with Crippen molar-refractivity contribution >= 4 is 22.9 Å².